The Hall–Kier alpha value is -2.15. The van der Waals surface area contributed by atoms with Gasteiger partial charge < -0.3 is 16.4 Å². The van der Waals surface area contributed by atoms with Crippen LogP contribution in [0.3, 0.4) is 0 Å². The minimum absolute atomic E-state index is 0. The maximum atomic E-state index is 12.2. The van der Waals surface area contributed by atoms with Gasteiger partial charge in [-0.15, -0.1) is 24.8 Å². The lowest BCUT2D eigenvalue weighted by molar-refractivity contribution is -0.119. The molecule has 140 valence electrons. The van der Waals surface area contributed by atoms with Gasteiger partial charge in [-0.05, 0) is 55.7 Å². The van der Waals surface area contributed by atoms with Gasteiger partial charge in [0.25, 0.3) is 5.91 Å². The number of halogens is 2. The number of hydrogen-bond donors (Lipinski definition) is 3. The Morgan fingerprint density at radius 3 is 2.31 bits per heavy atom. The average molecular weight is 397 g/mol. The number of amides is 2. The zero-order chi connectivity index (χ0) is 16.9. The molecule has 1 saturated carbocycles. The van der Waals surface area contributed by atoms with E-state index in [0.717, 1.165) is 19.3 Å². The summed E-state index contributed by atoms with van der Waals surface area (Å²) >= 11 is 0. The van der Waals surface area contributed by atoms with Crippen LogP contribution in [0.4, 0.5) is 11.4 Å². The molecular weight excluding hydrogens is 375 g/mol. The van der Waals surface area contributed by atoms with E-state index in [9.17, 15) is 9.59 Å². The van der Waals surface area contributed by atoms with E-state index in [0.29, 0.717) is 16.9 Å². The number of hydrogen-bond acceptors (Lipinski definition) is 4. The highest BCUT2D eigenvalue weighted by Gasteiger charge is 2.27. The van der Waals surface area contributed by atoms with E-state index in [1.54, 1.807) is 48.8 Å². The maximum Gasteiger partial charge on any atom is 0.255 e. The summed E-state index contributed by atoms with van der Waals surface area (Å²) in [5.74, 6) is -0.244. The van der Waals surface area contributed by atoms with Crippen LogP contribution in [-0.2, 0) is 4.79 Å². The quantitative estimate of drug-likeness (QED) is 0.738. The summed E-state index contributed by atoms with van der Waals surface area (Å²) in [6, 6.07) is 10.5. The average Bonchev–Trinajstić information content (AvgIpc) is 3.03. The van der Waals surface area contributed by atoms with Crippen molar-refractivity contribution in [1.82, 2.24) is 4.98 Å². The van der Waals surface area contributed by atoms with Gasteiger partial charge in [0.15, 0.2) is 0 Å². The SMILES string of the molecule is Cl.Cl.NC1CCC(C(=O)Nc2ccc(C(=O)Nc3cccnc3)cc2)C1. The molecule has 1 fully saturated rings. The number of anilines is 2. The molecule has 1 aliphatic rings. The van der Waals surface area contributed by atoms with Crippen molar-refractivity contribution in [1.29, 1.82) is 0 Å². The van der Waals surface area contributed by atoms with E-state index >= 15 is 0 Å². The fourth-order valence-corrected chi connectivity index (χ4v) is 2.84. The molecule has 0 bridgehead atoms. The van der Waals surface area contributed by atoms with Gasteiger partial charge in [-0.1, -0.05) is 0 Å². The van der Waals surface area contributed by atoms with Crippen LogP contribution in [0.25, 0.3) is 0 Å². The second kappa shape index (κ2) is 10.1. The first-order chi connectivity index (χ1) is 11.6. The number of pyridine rings is 1. The van der Waals surface area contributed by atoms with Gasteiger partial charge in [0.1, 0.15) is 0 Å². The van der Waals surface area contributed by atoms with Gasteiger partial charge in [-0.3, -0.25) is 14.6 Å². The van der Waals surface area contributed by atoms with Crippen molar-refractivity contribution >= 4 is 48.0 Å². The molecule has 1 aromatic heterocycles. The van der Waals surface area contributed by atoms with Crippen molar-refractivity contribution in [2.45, 2.75) is 25.3 Å². The van der Waals surface area contributed by atoms with Crippen LogP contribution in [0.2, 0.25) is 0 Å². The molecule has 1 heterocycles. The Kier molecular flexibility index (Phi) is 8.51. The molecule has 2 unspecified atom stereocenters. The summed E-state index contributed by atoms with van der Waals surface area (Å²) in [6.45, 7) is 0. The standard InChI is InChI=1S/C18H20N4O2.2ClH/c19-14-6-3-13(10-14)18(24)21-15-7-4-12(5-8-15)17(23)22-16-2-1-9-20-11-16;;/h1-2,4-5,7-9,11,13-14H,3,6,10,19H2,(H,21,24)(H,22,23);2*1H. The van der Waals surface area contributed by atoms with Gasteiger partial charge in [-0.25, -0.2) is 0 Å². The second-order valence-corrected chi connectivity index (χ2v) is 6.03. The fraction of sp³-hybridized carbons (Fsp3) is 0.278. The normalized spacial score (nSPS) is 18.2. The van der Waals surface area contributed by atoms with Crippen LogP contribution < -0.4 is 16.4 Å². The van der Waals surface area contributed by atoms with Crippen LogP contribution in [-0.4, -0.2) is 22.8 Å². The Bertz CT molecular complexity index is 726. The molecule has 26 heavy (non-hydrogen) atoms. The Morgan fingerprint density at radius 1 is 1.00 bits per heavy atom. The summed E-state index contributed by atoms with van der Waals surface area (Å²) in [5, 5.41) is 5.65. The third kappa shape index (κ3) is 5.69. The summed E-state index contributed by atoms with van der Waals surface area (Å²) in [6.07, 6.45) is 5.69. The van der Waals surface area contributed by atoms with E-state index in [2.05, 4.69) is 15.6 Å². The van der Waals surface area contributed by atoms with Crippen LogP contribution in [0.1, 0.15) is 29.6 Å². The molecule has 8 heteroatoms. The number of carbonyl (C=O) groups excluding carboxylic acids is 2. The number of benzene rings is 1. The smallest absolute Gasteiger partial charge is 0.255 e. The van der Waals surface area contributed by atoms with Crippen molar-refractivity contribution in [2.24, 2.45) is 11.7 Å². The highest BCUT2D eigenvalue weighted by molar-refractivity contribution is 6.04. The molecule has 3 rings (SSSR count). The van der Waals surface area contributed by atoms with Crippen molar-refractivity contribution in [3.8, 4) is 0 Å². The predicted molar refractivity (Wildman–Crippen MR) is 107 cm³/mol. The minimum atomic E-state index is -0.220. The fourth-order valence-electron chi connectivity index (χ4n) is 2.84. The number of nitrogens with zero attached hydrogens (tertiary/aromatic N) is 1. The summed E-state index contributed by atoms with van der Waals surface area (Å²) in [7, 11) is 0. The monoisotopic (exact) mass is 396 g/mol. The highest BCUT2D eigenvalue weighted by atomic mass is 35.5. The number of nitrogens with one attached hydrogen (secondary N) is 2. The van der Waals surface area contributed by atoms with Gasteiger partial charge in [0.2, 0.25) is 5.91 Å². The minimum Gasteiger partial charge on any atom is -0.328 e. The van der Waals surface area contributed by atoms with Gasteiger partial charge in [-0.2, -0.15) is 0 Å². The lowest BCUT2D eigenvalue weighted by Gasteiger charge is -2.11. The summed E-state index contributed by atoms with van der Waals surface area (Å²) in [4.78, 5) is 28.3. The van der Waals surface area contributed by atoms with Crippen molar-refractivity contribution in [2.75, 3.05) is 10.6 Å². The number of aromatic nitrogens is 1. The van der Waals surface area contributed by atoms with Crippen LogP contribution >= 0.6 is 24.8 Å². The summed E-state index contributed by atoms with van der Waals surface area (Å²) < 4.78 is 0. The maximum absolute atomic E-state index is 12.2. The number of nitrogens with two attached hydrogens (primary N) is 1. The first kappa shape index (κ1) is 21.9. The number of carbonyl (C=O) groups is 2. The first-order valence-corrected chi connectivity index (χ1v) is 8.00. The van der Waals surface area contributed by atoms with Gasteiger partial charge >= 0.3 is 0 Å². The molecule has 2 amide bonds. The third-order valence-electron chi connectivity index (χ3n) is 4.18. The molecule has 1 aromatic carbocycles. The van der Waals surface area contributed by atoms with Gasteiger partial charge in [0.05, 0.1) is 11.9 Å². The highest BCUT2D eigenvalue weighted by Crippen LogP contribution is 2.25. The molecule has 4 N–H and O–H groups in total. The van der Waals surface area contributed by atoms with E-state index in [4.69, 9.17) is 5.73 Å². The molecule has 6 nitrogen and oxygen atoms in total. The van der Waals surface area contributed by atoms with E-state index in [1.807, 2.05) is 0 Å². The molecule has 0 saturated heterocycles. The van der Waals surface area contributed by atoms with E-state index in [1.165, 1.54) is 0 Å². The van der Waals surface area contributed by atoms with Crippen LogP contribution in [0.5, 0.6) is 0 Å². The van der Waals surface area contributed by atoms with Crippen molar-refractivity contribution < 1.29 is 9.59 Å². The molecule has 0 radical (unpaired) electrons. The van der Waals surface area contributed by atoms with Crippen molar-refractivity contribution in [3.05, 3.63) is 54.4 Å². The zero-order valence-electron chi connectivity index (χ0n) is 14.1. The lowest BCUT2D eigenvalue weighted by Crippen LogP contribution is -2.23. The predicted octanol–water partition coefficient (Wildman–Crippen LogP) is 3.24. The van der Waals surface area contributed by atoms with Crippen LogP contribution in [0, 0.1) is 5.92 Å². The topological polar surface area (TPSA) is 97.1 Å². The second-order valence-electron chi connectivity index (χ2n) is 6.03. The molecule has 2 aromatic rings. The molecule has 2 atom stereocenters. The van der Waals surface area contributed by atoms with E-state index < -0.39 is 0 Å². The van der Waals surface area contributed by atoms with Crippen LogP contribution in [0.15, 0.2) is 48.8 Å². The number of rotatable bonds is 4. The van der Waals surface area contributed by atoms with E-state index in [-0.39, 0.29) is 48.6 Å². The molecule has 0 aliphatic heterocycles. The van der Waals surface area contributed by atoms with Gasteiger partial charge in [0, 0.05) is 29.4 Å². The first-order valence-electron chi connectivity index (χ1n) is 8.00. The summed E-state index contributed by atoms with van der Waals surface area (Å²) in [5.41, 5.74) is 7.67. The Morgan fingerprint density at radius 2 is 1.73 bits per heavy atom. The molecule has 0 spiro atoms. The largest absolute Gasteiger partial charge is 0.328 e. The van der Waals surface area contributed by atoms with Crippen molar-refractivity contribution in [3.63, 3.8) is 0 Å². The molecule has 1 aliphatic carbocycles. The molecular formula is C18H22Cl2N4O2. The Balaban J connectivity index is 0.00000169. The Labute approximate surface area is 164 Å². The lowest BCUT2D eigenvalue weighted by atomic mass is 10.1. The third-order valence-corrected chi connectivity index (χ3v) is 4.18. The zero-order valence-corrected chi connectivity index (χ0v) is 15.7.